The van der Waals surface area contributed by atoms with Gasteiger partial charge in [-0.15, -0.1) is 0 Å². The van der Waals surface area contributed by atoms with Gasteiger partial charge in [0, 0.05) is 19.1 Å². The molecule has 0 spiro atoms. The van der Waals surface area contributed by atoms with Crippen LogP contribution < -0.4 is 5.32 Å². The Morgan fingerprint density at radius 2 is 1.95 bits per heavy atom. The van der Waals surface area contributed by atoms with Crippen molar-refractivity contribution >= 4 is 12.0 Å². The van der Waals surface area contributed by atoms with Gasteiger partial charge in [0.25, 0.3) is 0 Å². The Kier molecular flexibility index (Phi) is 4.32. The number of hydrogen-bond donors (Lipinski definition) is 2. The Morgan fingerprint density at radius 1 is 1.26 bits per heavy atom. The molecule has 1 saturated carbocycles. The van der Waals surface area contributed by atoms with Crippen molar-refractivity contribution in [3.63, 3.8) is 0 Å². The number of amides is 2. The quantitative estimate of drug-likeness (QED) is 0.800. The maximum atomic E-state index is 12.2. The summed E-state index contributed by atoms with van der Waals surface area (Å²) in [5, 5.41) is 11.8. The van der Waals surface area contributed by atoms with Crippen LogP contribution in [0.15, 0.2) is 0 Å². The van der Waals surface area contributed by atoms with Crippen molar-refractivity contribution in [2.75, 3.05) is 13.1 Å². The van der Waals surface area contributed by atoms with Gasteiger partial charge in [0.2, 0.25) is 0 Å². The summed E-state index contributed by atoms with van der Waals surface area (Å²) in [6, 6.07) is -0.274. The fraction of sp³-hybridized carbons (Fsp3) is 0.857. The number of urea groups is 1. The van der Waals surface area contributed by atoms with Crippen LogP contribution >= 0.6 is 0 Å². The average Bonchev–Trinajstić information content (AvgIpc) is 3.04. The number of carboxylic acid groups (broad SMARTS) is 1. The van der Waals surface area contributed by atoms with Crippen LogP contribution in [-0.2, 0) is 4.79 Å². The molecule has 1 aliphatic carbocycles. The lowest BCUT2D eigenvalue weighted by molar-refractivity contribution is -0.137. The van der Waals surface area contributed by atoms with Crippen molar-refractivity contribution in [3.05, 3.63) is 0 Å². The van der Waals surface area contributed by atoms with E-state index in [2.05, 4.69) is 19.2 Å². The Balaban J connectivity index is 1.84. The summed E-state index contributed by atoms with van der Waals surface area (Å²) >= 11 is 0. The van der Waals surface area contributed by atoms with Crippen LogP contribution in [0.4, 0.5) is 4.79 Å². The molecular formula is C14H24N2O3. The molecular weight excluding hydrogens is 244 g/mol. The number of likely N-dealkylation sites (tertiary alicyclic amines) is 1. The van der Waals surface area contributed by atoms with Crippen molar-refractivity contribution in [1.82, 2.24) is 10.2 Å². The van der Waals surface area contributed by atoms with E-state index in [0.717, 1.165) is 32.4 Å². The van der Waals surface area contributed by atoms with Crippen molar-refractivity contribution < 1.29 is 14.7 Å². The Bertz CT molecular complexity index is 353. The molecule has 0 bridgehead atoms. The third-order valence-corrected chi connectivity index (χ3v) is 4.35. The summed E-state index contributed by atoms with van der Waals surface area (Å²) in [5.41, 5.74) is 0. The van der Waals surface area contributed by atoms with E-state index in [-0.39, 0.29) is 18.5 Å². The van der Waals surface area contributed by atoms with Gasteiger partial charge in [0.15, 0.2) is 0 Å². The predicted octanol–water partition coefficient (Wildman–Crippen LogP) is 1.93. The number of carbonyl (C=O) groups is 2. The third-order valence-electron chi connectivity index (χ3n) is 4.35. The van der Waals surface area contributed by atoms with E-state index in [1.807, 2.05) is 4.90 Å². The number of rotatable bonds is 5. The smallest absolute Gasteiger partial charge is 0.317 e. The number of nitrogens with one attached hydrogen (secondary N) is 1. The maximum Gasteiger partial charge on any atom is 0.317 e. The number of aliphatic carboxylic acids is 1. The standard InChI is InChI=1S/C14H24N2O3/c1-9(2)11-5-6-16(8-11)14(19)15-12(7-13(17)18)10-3-4-10/h9-12H,3-8H2,1-2H3,(H,15,19)(H,17,18). The molecule has 1 saturated heterocycles. The topological polar surface area (TPSA) is 69.6 Å². The van der Waals surface area contributed by atoms with E-state index in [0.29, 0.717) is 17.8 Å². The van der Waals surface area contributed by atoms with Crippen molar-refractivity contribution in [2.24, 2.45) is 17.8 Å². The lowest BCUT2D eigenvalue weighted by Gasteiger charge is -2.23. The first-order chi connectivity index (χ1) is 8.97. The molecule has 2 aliphatic rings. The number of nitrogens with zero attached hydrogens (tertiary/aromatic N) is 1. The van der Waals surface area contributed by atoms with E-state index >= 15 is 0 Å². The highest BCUT2D eigenvalue weighted by Gasteiger charge is 2.36. The second-order valence-corrected chi connectivity index (χ2v) is 6.23. The zero-order valence-electron chi connectivity index (χ0n) is 11.8. The first-order valence-electron chi connectivity index (χ1n) is 7.24. The molecule has 0 aromatic rings. The highest BCUT2D eigenvalue weighted by atomic mass is 16.4. The largest absolute Gasteiger partial charge is 0.481 e. The molecule has 2 rings (SSSR count). The van der Waals surface area contributed by atoms with Gasteiger partial charge in [0.1, 0.15) is 0 Å². The van der Waals surface area contributed by atoms with Crippen molar-refractivity contribution in [1.29, 1.82) is 0 Å². The SMILES string of the molecule is CC(C)C1CCN(C(=O)NC(CC(=O)O)C2CC2)C1. The van der Waals surface area contributed by atoms with Crippen molar-refractivity contribution in [3.8, 4) is 0 Å². The second kappa shape index (κ2) is 5.80. The second-order valence-electron chi connectivity index (χ2n) is 6.23. The summed E-state index contributed by atoms with van der Waals surface area (Å²) < 4.78 is 0. The fourth-order valence-electron chi connectivity index (χ4n) is 2.79. The molecule has 19 heavy (non-hydrogen) atoms. The molecule has 2 atom stereocenters. The van der Waals surface area contributed by atoms with Gasteiger partial charge >= 0.3 is 12.0 Å². The minimum Gasteiger partial charge on any atom is -0.481 e. The molecule has 2 unspecified atom stereocenters. The third kappa shape index (κ3) is 3.85. The van der Waals surface area contributed by atoms with Gasteiger partial charge in [0.05, 0.1) is 6.42 Å². The first-order valence-corrected chi connectivity index (χ1v) is 7.24. The fourth-order valence-corrected chi connectivity index (χ4v) is 2.79. The van der Waals surface area contributed by atoms with Crippen LogP contribution in [0.3, 0.4) is 0 Å². The Morgan fingerprint density at radius 3 is 2.42 bits per heavy atom. The molecule has 2 fully saturated rings. The monoisotopic (exact) mass is 268 g/mol. The van der Waals surface area contributed by atoms with Gasteiger partial charge in [-0.2, -0.15) is 0 Å². The van der Waals surface area contributed by atoms with Gasteiger partial charge in [-0.25, -0.2) is 4.79 Å². The molecule has 108 valence electrons. The molecule has 5 nitrogen and oxygen atoms in total. The van der Waals surface area contributed by atoms with E-state index in [4.69, 9.17) is 5.11 Å². The zero-order valence-corrected chi connectivity index (χ0v) is 11.8. The zero-order chi connectivity index (χ0) is 14.0. The molecule has 2 N–H and O–H groups in total. The summed E-state index contributed by atoms with van der Waals surface area (Å²) in [6.45, 7) is 5.96. The van der Waals surface area contributed by atoms with Crippen LogP contribution in [0.2, 0.25) is 0 Å². The lowest BCUT2D eigenvalue weighted by atomic mass is 9.95. The number of hydrogen-bond acceptors (Lipinski definition) is 2. The molecule has 1 aliphatic heterocycles. The van der Waals surface area contributed by atoms with Crippen LogP contribution in [0.5, 0.6) is 0 Å². The Hall–Kier alpha value is -1.26. The summed E-state index contributed by atoms with van der Waals surface area (Å²) in [7, 11) is 0. The molecule has 5 heteroatoms. The van der Waals surface area contributed by atoms with E-state index < -0.39 is 5.97 Å². The van der Waals surface area contributed by atoms with Crippen LogP contribution in [0.1, 0.15) is 39.5 Å². The van der Waals surface area contributed by atoms with Gasteiger partial charge in [-0.1, -0.05) is 13.8 Å². The van der Waals surface area contributed by atoms with Crippen molar-refractivity contribution in [2.45, 2.75) is 45.6 Å². The normalized spacial score (nSPS) is 24.6. The molecule has 1 heterocycles. The first kappa shape index (κ1) is 14.2. The highest BCUT2D eigenvalue weighted by Crippen LogP contribution is 2.34. The Labute approximate surface area is 114 Å². The van der Waals surface area contributed by atoms with Gasteiger partial charge in [-0.05, 0) is 37.0 Å². The summed E-state index contributed by atoms with van der Waals surface area (Å²) in [6.07, 6.45) is 3.16. The van der Waals surface area contributed by atoms with Crippen LogP contribution in [0.25, 0.3) is 0 Å². The van der Waals surface area contributed by atoms with Crippen LogP contribution in [0, 0.1) is 17.8 Å². The van der Waals surface area contributed by atoms with E-state index in [9.17, 15) is 9.59 Å². The number of carbonyl (C=O) groups excluding carboxylic acids is 1. The number of carboxylic acids is 1. The average molecular weight is 268 g/mol. The van der Waals surface area contributed by atoms with Crippen LogP contribution in [-0.4, -0.2) is 41.1 Å². The summed E-state index contributed by atoms with van der Waals surface area (Å²) in [4.78, 5) is 24.8. The lowest BCUT2D eigenvalue weighted by Crippen LogP contribution is -2.45. The maximum absolute atomic E-state index is 12.2. The predicted molar refractivity (Wildman–Crippen MR) is 71.8 cm³/mol. The molecule has 2 amide bonds. The minimum absolute atomic E-state index is 0.0395. The summed E-state index contributed by atoms with van der Waals surface area (Å²) in [5.74, 6) is 0.697. The van der Waals surface area contributed by atoms with E-state index in [1.165, 1.54) is 0 Å². The molecule has 0 aromatic heterocycles. The van der Waals surface area contributed by atoms with E-state index in [1.54, 1.807) is 0 Å². The van der Waals surface area contributed by atoms with Gasteiger partial charge in [-0.3, -0.25) is 4.79 Å². The minimum atomic E-state index is -0.835. The van der Waals surface area contributed by atoms with Gasteiger partial charge < -0.3 is 15.3 Å². The highest BCUT2D eigenvalue weighted by molar-refractivity contribution is 5.76. The molecule has 0 radical (unpaired) electrons. The molecule has 0 aromatic carbocycles.